The highest BCUT2D eigenvalue weighted by Gasteiger charge is 2.34. The highest BCUT2D eigenvalue weighted by atomic mass is 16.1. The summed E-state index contributed by atoms with van der Waals surface area (Å²) in [5.41, 5.74) is 0.394. The number of rotatable bonds is 3. The van der Waals surface area contributed by atoms with Crippen molar-refractivity contribution >= 4 is 5.91 Å². The summed E-state index contributed by atoms with van der Waals surface area (Å²) in [6, 6.07) is 0. The standard InChI is InChI=1S/C12H22N2O/c1-9-6-13-7-10(9)11(15)14-8-12(2)4-3-5-12/h9-10,13H,3-8H2,1-2H3,(H,14,15)/t9-,10-/m1/s1. The molecule has 0 aromatic carbocycles. The van der Waals surface area contributed by atoms with Crippen LogP contribution in [0.4, 0.5) is 0 Å². The zero-order valence-corrected chi connectivity index (χ0v) is 9.81. The number of carbonyl (C=O) groups excluding carboxylic acids is 1. The number of nitrogens with one attached hydrogen (secondary N) is 2. The molecule has 1 aliphatic heterocycles. The SMILES string of the molecule is C[C@@H]1CNC[C@H]1C(=O)NCC1(C)CCC1. The Labute approximate surface area is 92.0 Å². The van der Waals surface area contributed by atoms with Gasteiger partial charge in [-0.05, 0) is 30.7 Å². The quantitative estimate of drug-likeness (QED) is 0.733. The van der Waals surface area contributed by atoms with Crippen molar-refractivity contribution in [2.24, 2.45) is 17.3 Å². The molecule has 0 bridgehead atoms. The summed E-state index contributed by atoms with van der Waals surface area (Å²) in [4.78, 5) is 11.9. The van der Waals surface area contributed by atoms with Crippen molar-refractivity contribution in [3.63, 3.8) is 0 Å². The molecular weight excluding hydrogens is 188 g/mol. The van der Waals surface area contributed by atoms with Crippen molar-refractivity contribution in [1.29, 1.82) is 0 Å². The molecule has 1 amide bonds. The zero-order chi connectivity index (χ0) is 10.9. The maximum absolute atomic E-state index is 11.9. The summed E-state index contributed by atoms with van der Waals surface area (Å²) in [6.07, 6.45) is 3.87. The van der Waals surface area contributed by atoms with Crippen LogP contribution < -0.4 is 10.6 Å². The third kappa shape index (κ3) is 2.33. The van der Waals surface area contributed by atoms with Gasteiger partial charge in [0, 0.05) is 13.1 Å². The van der Waals surface area contributed by atoms with Crippen LogP contribution in [-0.4, -0.2) is 25.5 Å². The van der Waals surface area contributed by atoms with Crippen LogP contribution in [0.3, 0.4) is 0 Å². The van der Waals surface area contributed by atoms with Gasteiger partial charge in [-0.15, -0.1) is 0 Å². The van der Waals surface area contributed by atoms with E-state index in [4.69, 9.17) is 0 Å². The smallest absolute Gasteiger partial charge is 0.224 e. The largest absolute Gasteiger partial charge is 0.355 e. The van der Waals surface area contributed by atoms with Crippen LogP contribution in [0.5, 0.6) is 0 Å². The van der Waals surface area contributed by atoms with E-state index in [9.17, 15) is 4.79 Å². The van der Waals surface area contributed by atoms with Crippen molar-refractivity contribution in [3.8, 4) is 0 Å². The van der Waals surface area contributed by atoms with Gasteiger partial charge in [-0.3, -0.25) is 4.79 Å². The molecule has 0 radical (unpaired) electrons. The number of carbonyl (C=O) groups is 1. The molecule has 2 atom stereocenters. The molecule has 2 rings (SSSR count). The van der Waals surface area contributed by atoms with Crippen molar-refractivity contribution in [2.45, 2.75) is 33.1 Å². The van der Waals surface area contributed by atoms with Gasteiger partial charge < -0.3 is 10.6 Å². The highest BCUT2D eigenvalue weighted by Crippen LogP contribution is 2.39. The van der Waals surface area contributed by atoms with Crippen molar-refractivity contribution in [3.05, 3.63) is 0 Å². The van der Waals surface area contributed by atoms with E-state index in [2.05, 4.69) is 24.5 Å². The van der Waals surface area contributed by atoms with E-state index < -0.39 is 0 Å². The van der Waals surface area contributed by atoms with E-state index in [1.165, 1.54) is 19.3 Å². The topological polar surface area (TPSA) is 41.1 Å². The summed E-state index contributed by atoms with van der Waals surface area (Å²) < 4.78 is 0. The van der Waals surface area contributed by atoms with Crippen molar-refractivity contribution < 1.29 is 4.79 Å². The molecule has 2 fully saturated rings. The van der Waals surface area contributed by atoms with Crippen LogP contribution in [0, 0.1) is 17.3 Å². The van der Waals surface area contributed by atoms with Gasteiger partial charge in [-0.25, -0.2) is 0 Å². The first-order valence-corrected chi connectivity index (χ1v) is 6.09. The average Bonchev–Trinajstić information content (AvgIpc) is 2.58. The molecule has 1 saturated carbocycles. The first-order chi connectivity index (χ1) is 7.11. The Balaban J connectivity index is 1.76. The lowest BCUT2D eigenvalue weighted by Crippen LogP contribution is -2.43. The van der Waals surface area contributed by atoms with E-state index >= 15 is 0 Å². The maximum atomic E-state index is 11.9. The van der Waals surface area contributed by atoms with E-state index in [1.54, 1.807) is 0 Å². The van der Waals surface area contributed by atoms with Crippen LogP contribution in [0.15, 0.2) is 0 Å². The molecule has 1 aliphatic carbocycles. The van der Waals surface area contributed by atoms with Crippen LogP contribution in [0.25, 0.3) is 0 Å². The summed E-state index contributed by atoms with van der Waals surface area (Å²) in [5, 5.41) is 6.39. The first kappa shape index (κ1) is 10.9. The Bertz CT molecular complexity index is 248. The molecule has 3 nitrogen and oxygen atoms in total. The monoisotopic (exact) mass is 210 g/mol. The van der Waals surface area contributed by atoms with E-state index in [0.717, 1.165) is 19.6 Å². The second kappa shape index (κ2) is 4.12. The Kier molecular flexibility index (Phi) is 3.01. The van der Waals surface area contributed by atoms with E-state index in [-0.39, 0.29) is 11.8 Å². The number of hydrogen-bond donors (Lipinski definition) is 2. The minimum atomic E-state index is 0.189. The molecule has 15 heavy (non-hydrogen) atoms. The predicted octanol–water partition coefficient (Wildman–Crippen LogP) is 1.15. The summed E-state index contributed by atoms with van der Waals surface area (Å²) in [5.74, 6) is 0.925. The van der Waals surface area contributed by atoms with Gasteiger partial charge in [-0.1, -0.05) is 20.3 Å². The van der Waals surface area contributed by atoms with Gasteiger partial charge >= 0.3 is 0 Å². The van der Waals surface area contributed by atoms with Crippen molar-refractivity contribution in [2.75, 3.05) is 19.6 Å². The molecular formula is C12H22N2O. The van der Waals surface area contributed by atoms with Crippen LogP contribution in [0.2, 0.25) is 0 Å². The number of amides is 1. The second-order valence-electron chi connectivity index (χ2n) is 5.62. The van der Waals surface area contributed by atoms with Gasteiger partial charge in [0.2, 0.25) is 5.91 Å². The Morgan fingerprint density at radius 1 is 1.47 bits per heavy atom. The fourth-order valence-corrected chi connectivity index (χ4v) is 2.55. The minimum Gasteiger partial charge on any atom is -0.355 e. The predicted molar refractivity (Wildman–Crippen MR) is 60.5 cm³/mol. The first-order valence-electron chi connectivity index (χ1n) is 6.09. The Morgan fingerprint density at radius 3 is 2.67 bits per heavy atom. The molecule has 2 aliphatic rings. The number of hydrogen-bond acceptors (Lipinski definition) is 2. The molecule has 86 valence electrons. The highest BCUT2D eigenvalue weighted by molar-refractivity contribution is 5.79. The van der Waals surface area contributed by atoms with Gasteiger partial charge in [-0.2, -0.15) is 0 Å². The molecule has 0 aromatic rings. The third-order valence-electron chi connectivity index (χ3n) is 4.10. The third-order valence-corrected chi connectivity index (χ3v) is 4.10. The van der Waals surface area contributed by atoms with Gasteiger partial charge in [0.25, 0.3) is 0 Å². The van der Waals surface area contributed by atoms with Crippen LogP contribution >= 0.6 is 0 Å². The summed E-state index contributed by atoms with van der Waals surface area (Å²) in [6.45, 7) is 7.12. The fourth-order valence-electron chi connectivity index (χ4n) is 2.55. The Morgan fingerprint density at radius 2 is 2.20 bits per heavy atom. The summed E-state index contributed by atoms with van der Waals surface area (Å²) in [7, 11) is 0. The lowest BCUT2D eigenvalue weighted by atomic mass is 9.70. The second-order valence-corrected chi connectivity index (χ2v) is 5.62. The molecule has 3 heteroatoms. The average molecular weight is 210 g/mol. The Hall–Kier alpha value is -0.570. The fraction of sp³-hybridized carbons (Fsp3) is 0.917. The van der Waals surface area contributed by atoms with E-state index in [1.807, 2.05) is 0 Å². The lowest BCUT2D eigenvalue weighted by Gasteiger charge is -2.38. The van der Waals surface area contributed by atoms with Gasteiger partial charge in [0.15, 0.2) is 0 Å². The van der Waals surface area contributed by atoms with E-state index in [0.29, 0.717) is 11.3 Å². The maximum Gasteiger partial charge on any atom is 0.224 e. The van der Waals surface area contributed by atoms with Crippen LogP contribution in [-0.2, 0) is 4.79 Å². The van der Waals surface area contributed by atoms with Crippen molar-refractivity contribution in [1.82, 2.24) is 10.6 Å². The molecule has 1 saturated heterocycles. The molecule has 1 heterocycles. The van der Waals surface area contributed by atoms with Gasteiger partial charge in [0.05, 0.1) is 5.92 Å². The van der Waals surface area contributed by atoms with Gasteiger partial charge in [0.1, 0.15) is 0 Å². The molecule has 2 N–H and O–H groups in total. The molecule has 0 unspecified atom stereocenters. The minimum absolute atomic E-state index is 0.189. The summed E-state index contributed by atoms with van der Waals surface area (Å²) >= 11 is 0. The van der Waals surface area contributed by atoms with Crippen LogP contribution in [0.1, 0.15) is 33.1 Å². The molecule has 0 aromatic heterocycles. The molecule has 0 spiro atoms. The normalized spacial score (nSPS) is 33.5. The zero-order valence-electron chi connectivity index (χ0n) is 9.81. The lowest BCUT2D eigenvalue weighted by molar-refractivity contribution is -0.126.